The van der Waals surface area contributed by atoms with Gasteiger partial charge in [0.15, 0.2) is 0 Å². The molecule has 4 fully saturated rings. The molecular weight excluding hydrogens is 925 g/mol. The molecule has 9 heteroatoms. The van der Waals surface area contributed by atoms with Crippen LogP contribution in [-0.2, 0) is 50.9 Å². The zero-order chi connectivity index (χ0) is 43.6. The number of halogens is 8. The summed E-state index contributed by atoms with van der Waals surface area (Å²) in [4.78, 5) is 0. The van der Waals surface area contributed by atoms with E-state index in [4.69, 9.17) is 0 Å². The predicted molar refractivity (Wildman–Crippen MR) is 233 cm³/mol. The van der Waals surface area contributed by atoms with Gasteiger partial charge in [-0.1, -0.05) is 0 Å². The molecule has 63 heavy (non-hydrogen) atoms. The van der Waals surface area contributed by atoms with Crippen LogP contribution in [0.25, 0.3) is 11.1 Å². The van der Waals surface area contributed by atoms with Gasteiger partial charge < -0.3 is 24.8 Å². The fourth-order valence-electron chi connectivity index (χ4n) is 12.7. The van der Waals surface area contributed by atoms with Crippen molar-refractivity contribution in [2.24, 2.45) is 29.1 Å². The number of hydrogen-bond acceptors (Lipinski definition) is 0. The first-order valence-electron chi connectivity index (χ1n) is 22.3. The largest absolute Gasteiger partial charge is 1.00 e. The molecule has 0 radical (unpaired) electrons. The Morgan fingerprint density at radius 1 is 0.651 bits per heavy atom. The number of fused-ring (bicyclic) bond motifs is 3. The van der Waals surface area contributed by atoms with Crippen molar-refractivity contribution in [2.75, 3.05) is 0 Å². The van der Waals surface area contributed by atoms with E-state index in [1.807, 2.05) is 0 Å². The molecule has 6 aliphatic rings. The fraction of sp³-hybridized carbons (Fsp3) is 0.463. The van der Waals surface area contributed by atoms with E-state index in [-0.39, 0.29) is 47.0 Å². The molecule has 0 amide bonds. The quantitative estimate of drug-likeness (QED) is 0.149. The minimum Gasteiger partial charge on any atom is -1.00 e. The second-order valence-corrected chi connectivity index (χ2v) is 27.2. The third kappa shape index (κ3) is 8.96. The Morgan fingerprint density at radius 3 is 1.67 bits per heavy atom. The van der Waals surface area contributed by atoms with Crippen LogP contribution in [-0.4, -0.2) is 3.21 Å². The molecule has 0 aromatic heterocycles. The first-order chi connectivity index (χ1) is 28.5. The second-order valence-electron chi connectivity index (χ2n) is 21.6. The number of hydrogen-bond donors (Lipinski definition) is 0. The van der Waals surface area contributed by atoms with Crippen LogP contribution in [0.5, 0.6) is 0 Å². The van der Waals surface area contributed by atoms with Gasteiger partial charge in [0.25, 0.3) is 0 Å². The van der Waals surface area contributed by atoms with Gasteiger partial charge in [-0.05, 0) is 0 Å². The van der Waals surface area contributed by atoms with E-state index in [0.29, 0.717) is 20.8 Å². The molecule has 4 saturated carbocycles. The molecule has 0 aliphatic heterocycles. The molecule has 0 nitrogen and oxygen atoms in total. The number of benzene rings is 4. The molecule has 0 heterocycles. The molecule has 4 aromatic rings. The Labute approximate surface area is 390 Å². The molecule has 0 saturated heterocycles. The molecule has 0 spiro atoms. The van der Waals surface area contributed by atoms with Crippen LogP contribution >= 0.6 is 0 Å². The molecule has 4 bridgehead atoms. The Hall–Kier alpha value is -2.73. The zero-order valence-electron chi connectivity index (χ0n) is 37.6. The summed E-state index contributed by atoms with van der Waals surface area (Å²) in [6.07, 6.45) is 2.73. The third-order valence-electron chi connectivity index (χ3n) is 15.0. The zero-order valence-corrected chi connectivity index (χ0v) is 41.5. The molecule has 10 rings (SSSR count). The number of allylic oxidation sites excluding steroid dienone is 4. The first-order valence-corrected chi connectivity index (χ1v) is 26.0. The van der Waals surface area contributed by atoms with Crippen LogP contribution in [0, 0.1) is 29.1 Å². The van der Waals surface area contributed by atoms with Gasteiger partial charge in [-0.3, -0.25) is 0 Å². The SMILES string of the molecule is CC1=[C]([Zr+2](=[C](c2cccc(C(F)(F)F)c2)c2cccc(C(F)(F)F)c2)[c]2c(C(C)(C)C)ccc3c2Cc2cc(C(C)(C)C)ccc2-3)C(C)C=C1CC12CC3CC(CC(C3)C1)C2.[Cl-].[Cl-]. The monoisotopic (exact) mass is 980 g/mol. The summed E-state index contributed by atoms with van der Waals surface area (Å²) >= 11 is -3.92. The van der Waals surface area contributed by atoms with Crippen LogP contribution < -0.4 is 28.1 Å². The predicted octanol–water partition coefficient (Wildman–Crippen LogP) is 8.87. The summed E-state index contributed by atoms with van der Waals surface area (Å²) in [6, 6.07) is 22.1. The summed E-state index contributed by atoms with van der Waals surface area (Å²) in [5, 5.41) is 0. The van der Waals surface area contributed by atoms with E-state index >= 15 is 0 Å². The van der Waals surface area contributed by atoms with Crippen molar-refractivity contribution in [1.82, 2.24) is 0 Å². The summed E-state index contributed by atoms with van der Waals surface area (Å²) < 4.78 is 91.5. The van der Waals surface area contributed by atoms with E-state index < -0.39 is 44.7 Å². The standard InChI is InChI=1S/C21H25.C18H25.C15H8F6.2ClH.Zr/c1-20(2,3)16-7-9-18-14(12-16)11-15-13-17(21(4,5)6)8-10-19(15)18;1-12-3-13(2)17(4-12)11-18-8-14-5-15(9-18)7-16(6-14)10-18;16-14(17,18)12-5-1-3-10(8-12)7-11-4-2-6-13(9-11)15(19,20)21;;;/h7-10,12H,11H2,1-6H3;4,12,14-16H,5-11H2,1-2H3;1-6,8-9H;2*1H;/q;;;;;+2/p-2. The van der Waals surface area contributed by atoms with E-state index in [0.717, 1.165) is 53.0 Å². The summed E-state index contributed by atoms with van der Waals surface area (Å²) in [7, 11) is 0. The Balaban J connectivity index is 0.00000298. The van der Waals surface area contributed by atoms with Crippen molar-refractivity contribution in [3.8, 4) is 11.1 Å². The average molecular weight is 983 g/mol. The van der Waals surface area contributed by atoms with Gasteiger partial charge in [0.05, 0.1) is 0 Å². The van der Waals surface area contributed by atoms with Crippen molar-refractivity contribution in [3.05, 3.63) is 144 Å². The van der Waals surface area contributed by atoms with Gasteiger partial charge >= 0.3 is 368 Å². The van der Waals surface area contributed by atoms with Crippen molar-refractivity contribution in [2.45, 2.75) is 130 Å². The van der Waals surface area contributed by atoms with E-state index in [1.54, 1.807) is 12.1 Å². The third-order valence-corrected chi connectivity index (χ3v) is 23.6. The molecule has 0 N–H and O–H groups in total. The van der Waals surface area contributed by atoms with Crippen molar-refractivity contribution in [3.63, 3.8) is 0 Å². The van der Waals surface area contributed by atoms with E-state index in [2.05, 4.69) is 91.8 Å². The van der Waals surface area contributed by atoms with Gasteiger partial charge in [0, 0.05) is 0 Å². The summed E-state index contributed by atoms with van der Waals surface area (Å²) in [5.74, 6) is 2.38. The minimum atomic E-state index is -4.63. The Kier molecular flexibility index (Phi) is 12.9. The second kappa shape index (κ2) is 16.9. The van der Waals surface area contributed by atoms with E-state index in [1.165, 1.54) is 97.2 Å². The Bertz CT molecular complexity index is 2450. The van der Waals surface area contributed by atoms with Gasteiger partial charge in [0.2, 0.25) is 0 Å². The van der Waals surface area contributed by atoms with Gasteiger partial charge in [-0.25, -0.2) is 0 Å². The first kappa shape index (κ1) is 48.2. The van der Waals surface area contributed by atoms with Crippen molar-refractivity contribution < 1.29 is 72.4 Å². The van der Waals surface area contributed by atoms with Crippen molar-refractivity contribution >= 4 is 6.48 Å². The fourth-order valence-corrected chi connectivity index (χ4v) is 22.6. The molecule has 1 atom stereocenters. The van der Waals surface area contributed by atoms with Gasteiger partial charge in [-0.15, -0.1) is 0 Å². The van der Waals surface area contributed by atoms with E-state index in [9.17, 15) is 26.3 Å². The molecule has 1 unspecified atom stereocenters. The number of alkyl halides is 6. The number of rotatable bonds is 6. The maximum absolute atomic E-state index is 14.7. The molecule has 4 aromatic carbocycles. The van der Waals surface area contributed by atoms with Crippen LogP contribution in [0.3, 0.4) is 0 Å². The minimum absolute atomic E-state index is 0. The summed E-state index contributed by atoms with van der Waals surface area (Å²) in [5.41, 5.74) is 8.68. The van der Waals surface area contributed by atoms with Crippen LogP contribution in [0.2, 0.25) is 0 Å². The van der Waals surface area contributed by atoms with Gasteiger partial charge in [-0.2, -0.15) is 0 Å². The molecule has 6 aliphatic carbocycles. The van der Waals surface area contributed by atoms with Crippen molar-refractivity contribution in [1.29, 1.82) is 0 Å². The van der Waals surface area contributed by atoms with Gasteiger partial charge in [0.1, 0.15) is 0 Å². The average Bonchev–Trinajstić information content (AvgIpc) is 3.66. The molecule has 334 valence electrons. The topological polar surface area (TPSA) is 0 Å². The normalized spacial score (nSPS) is 23.7. The Morgan fingerprint density at radius 2 is 1.17 bits per heavy atom. The maximum Gasteiger partial charge on any atom is -1.00 e. The van der Waals surface area contributed by atoms with Crippen LogP contribution in [0.4, 0.5) is 26.3 Å². The molecular formula is C54H58Cl2F6Zr. The smallest absolute Gasteiger partial charge is 1.00 e. The van der Waals surface area contributed by atoms with Crippen LogP contribution in [0.15, 0.2) is 99.4 Å². The summed E-state index contributed by atoms with van der Waals surface area (Å²) in [6.45, 7) is 17.7. The maximum atomic E-state index is 14.7. The van der Waals surface area contributed by atoms with Crippen LogP contribution in [0.1, 0.15) is 145 Å².